The van der Waals surface area contributed by atoms with Crippen molar-refractivity contribution in [2.75, 3.05) is 0 Å². The quantitative estimate of drug-likeness (QED) is 0.870. The summed E-state index contributed by atoms with van der Waals surface area (Å²) in [5.41, 5.74) is 6.94. The van der Waals surface area contributed by atoms with Crippen molar-refractivity contribution in [1.82, 2.24) is 0 Å². The Balaban J connectivity index is 2.49. The summed E-state index contributed by atoms with van der Waals surface area (Å²) in [6.07, 6.45) is 2.66. The predicted molar refractivity (Wildman–Crippen MR) is 71.9 cm³/mol. The van der Waals surface area contributed by atoms with E-state index in [9.17, 15) is 0 Å². The zero-order valence-electron chi connectivity index (χ0n) is 10.1. The summed E-state index contributed by atoms with van der Waals surface area (Å²) in [7, 11) is 0. The summed E-state index contributed by atoms with van der Waals surface area (Å²) in [5, 5.41) is 1.15. The van der Waals surface area contributed by atoms with Gasteiger partial charge in [0.2, 0.25) is 0 Å². The van der Waals surface area contributed by atoms with Crippen molar-refractivity contribution in [3.05, 3.63) is 27.7 Å². The standard InChI is InChI=1S/C13H17Cl2NO/c1-3-13(4-2)7-11(16)9-5-8(14)6-10(15)12(9)17-13/h5-6,11H,3-4,7,16H2,1-2H3. The largest absolute Gasteiger partial charge is 0.485 e. The van der Waals surface area contributed by atoms with Crippen LogP contribution in [0.15, 0.2) is 12.1 Å². The predicted octanol–water partition coefficient (Wildman–Crippen LogP) is 4.33. The van der Waals surface area contributed by atoms with Crippen LogP contribution in [-0.2, 0) is 0 Å². The summed E-state index contributed by atoms with van der Waals surface area (Å²) in [6, 6.07) is 3.49. The van der Waals surface area contributed by atoms with Gasteiger partial charge in [0.1, 0.15) is 11.4 Å². The van der Waals surface area contributed by atoms with Crippen molar-refractivity contribution in [3.8, 4) is 5.75 Å². The second-order valence-electron chi connectivity index (χ2n) is 4.61. The molecule has 1 aromatic rings. The fourth-order valence-corrected chi connectivity index (χ4v) is 2.96. The molecule has 0 aliphatic carbocycles. The molecule has 4 heteroatoms. The molecule has 1 aliphatic heterocycles. The van der Waals surface area contributed by atoms with Crippen molar-refractivity contribution in [2.24, 2.45) is 5.73 Å². The number of halogens is 2. The Bertz CT molecular complexity index is 430. The highest BCUT2D eigenvalue weighted by Gasteiger charge is 2.38. The maximum Gasteiger partial charge on any atom is 0.143 e. The zero-order valence-corrected chi connectivity index (χ0v) is 11.6. The van der Waals surface area contributed by atoms with Crippen molar-refractivity contribution < 1.29 is 4.74 Å². The van der Waals surface area contributed by atoms with E-state index in [1.54, 1.807) is 6.07 Å². The van der Waals surface area contributed by atoms with Crippen LogP contribution in [0, 0.1) is 0 Å². The molecule has 0 fully saturated rings. The number of rotatable bonds is 2. The Kier molecular flexibility index (Phi) is 3.58. The van der Waals surface area contributed by atoms with E-state index in [0.717, 1.165) is 24.8 Å². The second-order valence-corrected chi connectivity index (χ2v) is 5.45. The molecule has 1 aromatic carbocycles. The minimum atomic E-state index is -0.191. The van der Waals surface area contributed by atoms with Crippen LogP contribution in [0.4, 0.5) is 0 Å². The molecule has 0 spiro atoms. The van der Waals surface area contributed by atoms with Crippen molar-refractivity contribution in [3.63, 3.8) is 0 Å². The Hall–Kier alpha value is -0.440. The van der Waals surface area contributed by atoms with Gasteiger partial charge in [-0.2, -0.15) is 0 Å². The lowest BCUT2D eigenvalue weighted by atomic mass is 9.84. The van der Waals surface area contributed by atoms with Crippen LogP contribution in [0.2, 0.25) is 10.0 Å². The van der Waals surface area contributed by atoms with Gasteiger partial charge in [-0.15, -0.1) is 0 Å². The lowest BCUT2D eigenvalue weighted by Crippen LogP contribution is -2.42. The molecule has 0 saturated heterocycles. The maximum absolute atomic E-state index is 6.21. The molecule has 0 radical (unpaired) electrons. The molecule has 1 aliphatic rings. The molecule has 2 rings (SSSR count). The van der Waals surface area contributed by atoms with E-state index in [1.807, 2.05) is 6.07 Å². The Morgan fingerprint density at radius 3 is 2.59 bits per heavy atom. The first-order valence-electron chi connectivity index (χ1n) is 5.95. The van der Waals surface area contributed by atoms with Gasteiger partial charge in [-0.1, -0.05) is 37.0 Å². The van der Waals surface area contributed by atoms with Crippen LogP contribution < -0.4 is 10.5 Å². The van der Waals surface area contributed by atoms with E-state index in [0.29, 0.717) is 15.8 Å². The monoisotopic (exact) mass is 273 g/mol. The summed E-state index contributed by atoms with van der Waals surface area (Å²) in [4.78, 5) is 0. The topological polar surface area (TPSA) is 35.2 Å². The highest BCUT2D eigenvalue weighted by Crippen LogP contribution is 2.46. The van der Waals surface area contributed by atoms with Crippen LogP contribution in [0.3, 0.4) is 0 Å². The van der Waals surface area contributed by atoms with Crippen molar-refractivity contribution >= 4 is 23.2 Å². The van der Waals surface area contributed by atoms with Gasteiger partial charge in [0, 0.05) is 23.0 Å². The zero-order chi connectivity index (χ0) is 12.6. The van der Waals surface area contributed by atoms with Crippen molar-refractivity contribution in [2.45, 2.75) is 44.8 Å². The molecule has 2 nitrogen and oxygen atoms in total. The fourth-order valence-electron chi connectivity index (χ4n) is 2.42. The van der Waals surface area contributed by atoms with Crippen LogP contribution in [0.1, 0.15) is 44.7 Å². The third kappa shape index (κ3) is 2.26. The summed E-state index contributed by atoms with van der Waals surface area (Å²) in [6.45, 7) is 4.23. The van der Waals surface area contributed by atoms with E-state index in [4.69, 9.17) is 33.7 Å². The first kappa shape index (κ1) is 13.0. The summed E-state index contributed by atoms with van der Waals surface area (Å²) in [5.74, 6) is 0.707. The first-order valence-corrected chi connectivity index (χ1v) is 6.70. The van der Waals surface area contributed by atoms with Gasteiger partial charge >= 0.3 is 0 Å². The second kappa shape index (κ2) is 4.68. The first-order chi connectivity index (χ1) is 8.01. The van der Waals surface area contributed by atoms with Crippen LogP contribution in [0.5, 0.6) is 5.75 Å². The number of fused-ring (bicyclic) bond motifs is 1. The molecule has 1 unspecified atom stereocenters. The SMILES string of the molecule is CCC1(CC)CC(N)c2cc(Cl)cc(Cl)c2O1. The summed E-state index contributed by atoms with van der Waals surface area (Å²) < 4.78 is 6.10. The Labute approximate surface area is 112 Å². The highest BCUT2D eigenvalue weighted by molar-refractivity contribution is 6.35. The normalized spacial score (nSPS) is 21.8. The van der Waals surface area contributed by atoms with E-state index < -0.39 is 0 Å². The van der Waals surface area contributed by atoms with E-state index in [2.05, 4.69) is 13.8 Å². The van der Waals surface area contributed by atoms with Crippen LogP contribution in [0.25, 0.3) is 0 Å². The third-order valence-corrected chi connectivity index (χ3v) is 4.13. The average molecular weight is 274 g/mol. The maximum atomic E-state index is 6.21. The van der Waals surface area contributed by atoms with Crippen molar-refractivity contribution in [1.29, 1.82) is 0 Å². The molecule has 0 aromatic heterocycles. The fraction of sp³-hybridized carbons (Fsp3) is 0.538. The van der Waals surface area contributed by atoms with Gasteiger partial charge in [-0.05, 0) is 25.0 Å². The average Bonchev–Trinajstić information content (AvgIpc) is 2.30. The lowest BCUT2D eigenvalue weighted by Gasteiger charge is -2.40. The van der Waals surface area contributed by atoms with Gasteiger partial charge in [0.15, 0.2) is 0 Å². The van der Waals surface area contributed by atoms with E-state index in [1.165, 1.54) is 0 Å². The molecular weight excluding hydrogens is 257 g/mol. The number of hydrogen-bond donors (Lipinski definition) is 1. The molecule has 1 heterocycles. The number of ether oxygens (including phenoxy) is 1. The molecule has 0 bridgehead atoms. The van der Waals surface area contributed by atoms with E-state index >= 15 is 0 Å². The molecule has 1 atom stereocenters. The Morgan fingerprint density at radius 1 is 1.35 bits per heavy atom. The Morgan fingerprint density at radius 2 is 2.00 bits per heavy atom. The lowest BCUT2D eigenvalue weighted by molar-refractivity contribution is 0.0283. The third-order valence-electron chi connectivity index (χ3n) is 3.64. The van der Waals surface area contributed by atoms with Gasteiger partial charge in [0.05, 0.1) is 5.02 Å². The molecule has 0 amide bonds. The molecule has 17 heavy (non-hydrogen) atoms. The van der Waals surface area contributed by atoms with Gasteiger partial charge in [-0.3, -0.25) is 0 Å². The smallest absolute Gasteiger partial charge is 0.143 e. The van der Waals surface area contributed by atoms with E-state index in [-0.39, 0.29) is 11.6 Å². The number of nitrogens with two attached hydrogens (primary N) is 1. The minimum Gasteiger partial charge on any atom is -0.485 e. The molecule has 0 saturated carbocycles. The summed E-state index contributed by atoms with van der Waals surface area (Å²) >= 11 is 12.2. The van der Waals surface area contributed by atoms with Gasteiger partial charge in [0.25, 0.3) is 0 Å². The number of benzene rings is 1. The van der Waals surface area contributed by atoms with Crippen LogP contribution in [-0.4, -0.2) is 5.60 Å². The number of hydrogen-bond acceptors (Lipinski definition) is 2. The highest BCUT2D eigenvalue weighted by atomic mass is 35.5. The van der Waals surface area contributed by atoms with Crippen LogP contribution >= 0.6 is 23.2 Å². The molecular formula is C13H17Cl2NO. The van der Waals surface area contributed by atoms with Gasteiger partial charge < -0.3 is 10.5 Å². The van der Waals surface area contributed by atoms with Gasteiger partial charge in [-0.25, -0.2) is 0 Å². The molecule has 2 N–H and O–H groups in total. The molecule has 94 valence electrons. The minimum absolute atomic E-state index is 0.0603.